The summed E-state index contributed by atoms with van der Waals surface area (Å²) in [7, 11) is 0. The van der Waals surface area contributed by atoms with Gasteiger partial charge in [0.05, 0.1) is 6.42 Å². The van der Waals surface area contributed by atoms with Gasteiger partial charge in [0.15, 0.2) is 11.5 Å². The van der Waals surface area contributed by atoms with Gasteiger partial charge < -0.3 is 14.6 Å². The molecule has 1 atom stereocenters. The molecular weight excluding hydrogens is 256 g/mol. The fourth-order valence-electron chi connectivity index (χ4n) is 2.51. The molecular formula is C13H13ClO4. The minimum absolute atomic E-state index is 0.0772. The van der Waals surface area contributed by atoms with E-state index in [1.165, 1.54) is 0 Å². The van der Waals surface area contributed by atoms with Crippen LogP contribution in [-0.2, 0) is 4.79 Å². The molecule has 3 rings (SSSR count). The van der Waals surface area contributed by atoms with Crippen molar-refractivity contribution in [3.63, 3.8) is 0 Å². The van der Waals surface area contributed by atoms with Crippen LogP contribution in [0.3, 0.4) is 0 Å². The van der Waals surface area contributed by atoms with E-state index in [-0.39, 0.29) is 19.1 Å². The Bertz CT molecular complexity index is 496. The van der Waals surface area contributed by atoms with Gasteiger partial charge in [-0.05, 0) is 30.9 Å². The highest BCUT2D eigenvalue weighted by molar-refractivity contribution is 6.31. The second-order valence-corrected chi connectivity index (χ2v) is 5.14. The number of ether oxygens (including phenoxy) is 2. The Hall–Kier alpha value is -1.42. The Morgan fingerprint density at radius 2 is 2.22 bits per heavy atom. The number of rotatable bonds is 4. The van der Waals surface area contributed by atoms with Crippen LogP contribution in [0.15, 0.2) is 12.1 Å². The topological polar surface area (TPSA) is 55.8 Å². The van der Waals surface area contributed by atoms with Crippen LogP contribution in [0.25, 0.3) is 0 Å². The molecule has 2 aliphatic rings. The SMILES string of the molecule is O=C(O)CC(c1c(Cl)ccc2c1OCO2)C1CC1. The molecule has 0 aromatic heterocycles. The van der Waals surface area contributed by atoms with Gasteiger partial charge in [-0.2, -0.15) is 0 Å². The van der Waals surface area contributed by atoms with Crippen molar-refractivity contribution >= 4 is 17.6 Å². The van der Waals surface area contributed by atoms with Crippen LogP contribution < -0.4 is 9.47 Å². The molecule has 0 bridgehead atoms. The van der Waals surface area contributed by atoms with Crippen molar-refractivity contribution < 1.29 is 19.4 Å². The lowest BCUT2D eigenvalue weighted by atomic mass is 9.90. The molecule has 1 unspecified atom stereocenters. The summed E-state index contributed by atoms with van der Waals surface area (Å²) in [6.07, 6.45) is 2.20. The van der Waals surface area contributed by atoms with Gasteiger partial charge in [-0.3, -0.25) is 4.79 Å². The predicted molar refractivity (Wildman–Crippen MR) is 65.3 cm³/mol. The van der Waals surface area contributed by atoms with Crippen LogP contribution in [-0.4, -0.2) is 17.9 Å². The normalized spacial score (nSPS) is 18.7. The molecule has 0 amide bonds. The Labute approximate surface area is 109 Å². The van der Waals surface area contributed by atoms with Crippen LogP contribution in [0, 0.1) is 5.92 Å². The molecule has 4 nitrogen and oxygen atoms in total. The number of aliphatic carboxylic acids is 1. The fraction of sp³-hybridized carbons (Fsp3) is 0.462. The second-order valence-electron chi connectivity index (χ2n) is 4.74. The molecule has 1 heterocycles. The van der Waals surface area contributed by atoms with Crippen molar-refractivity contribution in [2.75, 3.05) is 6.79 Å². The van der Waals surface area contributed by atoms with Crippen LogP contribution in [0.2, 0.25) is 5.02 Å². The maximum atomic E-state index is 11.0. The zero-order chi connectivity index (χ0) is 12.7. The highest BCUT2D eigenvalue weighted by Gasteiger charge is 2.38. The van der Waals surface area contributed by atoms with E-state index in [1.54, 1.807) is 12.1 Å². The average Bonchev–Trinajstić information content (AvgIpc) is 3.05. The summed E-state index contributed by atoms with van der Waals surface area (Å²) in [6, 6.07) is 3.51. The lowest BCUT2D eigenvalue weighted by Crippen LogP contribution is -2.10. The van der Waals surface area contributed by atoms with E-state index >= 15 is 0 Å². The average molecular weight is 269 g/mol. The molecule has 1 aliphatic heterocycles. The van der Waals surface area contributed by atoms with Crippen molar-refractivity contribution in [2.45, 2.75) is 25.2 Å². The maximum absolute atomic E-state index is 11.0. The Kier molecular flexibility index (Phi) is 2.82. The number of hydrogen-bond acceptors (Lipinski definition) is 3. The summed E-state index contributed by atoms with van der Waals surface area (Å²) in [4.78, 5) is 11.0. The Balaban J connectivity index is 2.03. The maximum Gasteiger partial charge on any atom is 0.303 e. The van der Waals surface area contributed by atoms with E-state index in [0.717, 1.165) is 18.4 Å². The quantitative estimate of drug-likeness (QED) is 0.912. The molecule has 0 radical (unpaired) electrons. The van der Waals surface area contributed by atoms with Crippen molar-refractivity contribution in [3.05, 3.63) is 22.7 Å². The van der Waals surface area contributed by atoms with E-state index in [1.807, 2.05) is 0 Å². The lowest BCUT2D eigenvalue weighted by Gasteiger charge is -2.18. The van der Waals surface area contributed by atoms with Crippen molar-refractivity contribution in [1.29, 1.82) is 0 Å². The first-order valence-electron chi connectivity index (χ1n) is 5.96. The van der Waals surface area contributed by atoms with Crippen molar-refractivity contribution in [2.24, 2.45) is 5.92 Å². The molecule has 1 saturated carbocycles. The van der Waals surface area contributed by atoms with Gasteiger partial charge in [0, 0.05) is 16.5 Å². The molecule has 1 aromatic carbocycles. The summed E-state index contributed by atoms with van der Waals surface area (Å²) < 4.78 is 10.8. The summed E-state index contributed by atoms with van der Waals surface area (Å²) in [6.45, 7) is 0.174. The summed E-state index contributed by atoms with van der Waals surface area (Å²) in [5.41, 5.74) is 0.802. The molecule has 1 fully saturated rings. The third kappa shape index (κ3) is 2.01. The summed E-state index contributed by atoms with van der Waals surface area (Å²) >= 11 is 6.23. The minimum atomic E-state index is -0.806. The Morgan fingerprint density at radius 3 is 2.89 bits per heavy atom. The highest BCUT2D eigenvalue weighted by atomic mass is 35.5. The van der Waals surface area contributed by atoms with E-state index in [2.05, 4.69) is 0 Å². The van der Waals surface area contributed by atoms with E-state index in [0.29, 0.717) is 22.4 Å². The number of halogens is 1. The van der Waals surface area contributed by atoms with Crippen molar-refractivity contribution in [3.8, 4) is 11.5 Å². The smallest absolute Gasteiger partial charge is 0.303 e. The summed E-state index contributed by atoms with van der Waals surface area (Å²) in [5, 5.41) is 9.61. The fourth-order valence-corrected chi connectivity index (χ4v) is 2.80. The van der Waals surface area contributed by atoms with Gasteiger partial charge in [-0.25, -0.2) is 0 Å². The lowest BCUT2D eigenvalue weighted by molar-refractivity contribution is -0.137. The second kappa shape index (κ2) is 4.35. The van der Waals surface area contributed by atoms with Gasteiger partial charge >= 0.3 is 5.97 Å². The Morgan fingerprint density at radius 1 is 1.44 bits per heavy atom. The molecule has 96 valence electrons. The third-order valence-corrected chi connectivity index (χ3v) is 3.81. The monoisotopic (exact) mass is 268 g/mol. The van der Waals surface area contributed by atoms with E-state index in [9.17, 15) is 4.79 Å². The van der Waals surface area contributed by atoms with Gasteiger partial charge in [0.25, 0.3) is 0 Å². The standard InChI is InChI=1S/C13H13ClO4/c14-9-3-4-10-13(18-6-17-10)12(9)8(5-11(15)16)7-1-2-7/h3-4,7-8H,1-2,5-6H2,(H,15,16). The molecule has 0 spiro atoms. The van der Waals surface area contributed by atoms with Gasteiger partial charge in [-0.1, -0.05) is 11.6 Å². The highest BCUT2D eigenvalue weighted by Crippen LogP contribution is 2.52. The van der Waals surface area contributed by atoms with E-state index in [4.69, 9.17) is 26.2 Å². The number of carbonyl (C=O) groups is 1. The van der Waals surface area contributed by atoms with E-state index < -0.39 is 5.97 Å². The molecule has 1 N–H and O–H groups in total. The number of carboxylic acids is 1. The first kappa shape index (κ1) is 11.7. The first-order chi connectivity index (χ1) is 8.66. The zero-order valence-corrected chi connectivity index (χ0v) is 10.4. The number of fused-ring (bicyclic) bond motifs is 1. The van der Waals surface area contributed by atoms with Gasteiger partial charge in [0.2, 0.25) is 6.79 Å². The third-order valence-electron chi connectivity index (χ3n) is 3.48. The van der Waals surface area contributed by atoms with Crippen LogP contribution in [0.4, 0.5) is 0 Å². The van der Waals surface area contributed by atoms with Crippen LogP contribution in [0.1, 0.15) is 30.7 Å². The van der Waals surface area contributed by atoms with Crippen molar-refractivity contribution in [1.82, 2.24) is 0 Å². The molecule has 5 heteroatoms. The molecule has 1 aromatic rings. The molecule has 1 aliphatic carbocycles. The minimum Gasteiger partial charge on any atom is -0.481 e. The predicted octanol–water partition coefficient (Wildman–Crippen LogP) is 3.04. The summed E-state index contributed by atoms with van der Waals surface area (Å²) in [5.74, 6) is 0.798. The van der Waals surface area contributed by atoms with Crippen LogP contribution >= 0.6 is 11.6 Å². The van der Waals surface area contributed by atoms with Gasteiger partial charge in [0.1, 0.15) is 0 Å². The number of benzene rings is 1. The molecule has 18 heavy (non-hydrogen) atoms. The largest absolute Gasteiger partial charge is 0.481 e. The van der Waals surface area contributed by atoms with Crippen LogP contribution in [0.5, 0.6) is 11.5 Å². The van der Waals surface area contributed by atoms with Gasteiger partial charge in [-0.15, -0.1) is 0 Å². The number of hydrogen-bond donors (Lipinski definition) is 1. The zero-order valence-electron chi connectivity index (χ0n) is 9.69. The molecule has 0 saturated heterocycles. The number of carboxylic acid groups (broad SMARTS) is 1. The first-order valence-corrected chi connectivity index (χ1v) is 6.34.